The van der Waals surface area contributed by atoms with E-state index in [1.165, 1.54) is 24.8 Å². The Morgan fingerprint density at radius 2 is 2.33 bits per heavy atom. The maximum atomic E-state index is 11.0. The Balaban J connectivity index is 2.24. The summed E-state index contributed by atoms with van der Waals surface area (Å²) in [6.07, 6.45) is 1.20. The third-order valence-corrected chi connectivity index (χ3v) is 2.72. The molecule has 2 aromatic rings. The Bertz CT molecular complexity index is 545. The van der Waals surface area contributed by atoms with Crippen LogP contribution in [0.4, 0.5) is 11.5 Å². The highest BCUT2D eigenvalue weighted by molar-refractivity contribution is 7.07. The van der Waals surface area contributed by atoms with Gasteiger partial charge in [0.05, 0.1) is 29.8 Å². The van der Waals surface area contributed by atoms with Gasteiger partial charge in [-0.05, 0) is 0 Å². The van der Waals surface area contributed by atoms with Crippen LogP contribution in [0.25, 0.3) is 0 Å². The normalized spacial score (nSPS) is 10.1. The lowest BCUT2D eigenvalue weighted by Gasteiger charge is -2.06. The summed E-state index contributed by atoms with van der Waals surface area (Å²) in [7, 11) is 1.32. The first-order chi connectivity index (χ1) is 8.72. The van der Waals surface area contributed by atoms with Crippen LogP contribution in [0, 0.1) is 10.1 Å². The van der Waals surface area contributed by atoms with E-state index >= 15 is 0 Å². The third kappa shape index (κ3) is 2.51. The van der Waals surface area contributed by atoms with Crippen molar-refractivity contribution in [1.82, 2.24) is 15.0 Å². The van der Waals surface area contributed by atoms with Gasteiger partial charge in [0.25, 0.3) is 5.88 Å². The van der Waals surface area contributed by atoms with Crippen LogP contribution >= 0.6 is 11.3 Å². The second-order valence-corrected chi connectivity index (χ2v) is 3.89. The molecule has 18 heavy (non-hydrogen) atoms. The molecule has 2 rings (SSSR count). The quantitative estimate of drug-likeness (QED) is 0.646. The van der Waals surface area contributed by atoms with Crippen molar-refractivity contribution in [2.75, 3.05) is 12.4 Å². The number of anilines is 1. The summed E-state index contributed by atoms with van der Waals surface area (Å²) in [4.78, 5) is 22.0. The molecule has 0 aromatic carbocycles. The number of thiazole rings is 1. The van der Waals surface area contributed by atoms with E-state index < -0.39 is 4.92 Å². The van der Waals surface area contributed by atoms with Gasteiger partial charge >= 0.3 is 5.69 Å². The molecule has 9 heteroatoms. The van der Waals surface area contributed by atoms with Gasteiger partial charge in [-0.15, -0.1) is 11.3 Å². The lowest BCUT2D eigenvalue weighted by Crippen LogP contribution is -2.07. The summed E-state index contributed by atoms with van der Waals surface area (Å²) in [6.45, 7) is 0.352. The zero-order valence-electron chi connectivity index (χ0n) is 9.36. The maximum Gasteiger partial charge on any atom is 0.372 e. The van der Waals surface area contributed by atoms with E-state index in [1.54, 1.807) is 5.51 Å². The molecule has 1 N–H and O–H groups in total. The number of nitro groups is 1. The highest BCUT2D eigenvalue weighted by Crippen LogP contribution is 2.30. The van der Waals surface area contributed by atoms with Gasteiger partial charge in [-0.25, -0.2) is 9.97 Å². The molecule has 0 bridgehead atoms. The molecule has 0 unspecified atom stereocenters. The molecule has 0 saturated heterocycles. The molecule has 0 aliphatic rings. The SMILES string of the molecule is COc1ncnc(NCc2cscn2)c1[N+](=O)[O-]. The van der Waals surface area contributed by atoms with Gasteiger partial charge in [0.1, 0.15) is 6.33 Å². The first-order valence-corrected chi connectivity index (χ1v) is 5.81. The van der Waals surface area contributed by atoms with Crippen molar-refractivity contribution < 1.29 is 9.66 Å². The Morgan fingerprint density at radius 1 is 1.50 bits per heavy atom. The van der Waals surface area contributed by atoms with E-state index in [0.717, 1.165) is 5.69 Å². The molecule has 8 nitrogen and oxygen atoms in total. The van der Waals surface area contributed by atoms with Crippen molar-refractivity contribution in [3.63, 3.8) is 0 Å². The van der Waals surface area contributed by atoms with Crippen molar-refractivity contribution in [3.05, 3.63) is 33.0 Å². The molecule has 0 fully saturated rings. The molecule has 0 amide bonds. The number of hydrogen-bond acceptors (Lipinski definition) is 8. The average molecular weight is 267 g/mol. The summed E-state index contributed by atoms with van der Waals surface area (Å²) >= 11 is 1.45. The predicted molar refractivity (Wildman–Crippen MR) is 64.7 cm³/mol. The predicted octanol–water partition coefficient (Wildman–Crippen LogP) is 1.46. The minimum Gasteiger partial charge on any atom is -0.476 e. The minimum absolute atomic E-state index is 0.0734. The zero-order valence-corrected chi connectivity index (χ0v) is 10.2. The number of hydrogen-bond donors (Lipinski definition) is 1. The van der Waals surface area contributed by atoms with Crippen molar-refractivity contribution in [1.29, 1.82) is 0 Å². The standard InChI is InChI=1S/C9H9N5O3S/c1-17-9-7(14(15)16)8(11-4-12-9)10-2-6-3-18-5-13-6/h3-5H,2H2,1H3,(H,10,11,12). The molecule has 94 valence electrons. The topological polar surface area (TPSA) is 103 Å². The largest absolute Gasteiger partial charge is 0.476 e. The Morgan fingerprint density at radius 3 is 2.94 bits per heavy atom. The number of methoxy groups -OCH3 is 1. The second-order valence-electron chi connectivity index (χ2n) is 3.17. The monoisotopic (exact) mass is 267 g/mol. The first kappa shape index (κ1) is 12.2. The smallest absolute Gasteiger partial charge is 0.372 e. The van der Waals surface area contributed by atoms with Crippen LogP contribution in [-0.2, 0) is 6.54 Å². The van der Waals surface area contributed by atoms with Gasteiger partial charge in [0.15, 0.2) is 0 Å². The van der Waals surface area contributed by atoms with E-state index in [0.29, 0.717) is 6.54 Å². The van der Waals surface area contributed by atoms with E-state index in [2.05, 4.69) is 20.3 Å². The molecule has 0 saturated carbocycles. The van der Waals surface area contributed by atoms with Gasteiger partial charge in [0, 0.05) is 5.38 Å². The minimum atomic E-state index is -0.581. The molecule has 0 aliphatic heterocycles. The van der Waals surface area contributed by atoms with Crippen LogP contribution in [0.15, 0.2) is 17.2 Å². The van der Waals surface area contributed by atoms with Crippen LogP contribution in [0.1, 0.15) is 5.69 Å². The van der Waals surface area contributed by atoms with Gasteiger partial charge in [-0.3, -0.25) is 10.1 Å². The Hall–Kier alpha value is -2.29. The maximum absolute atomic E-state index is 11.0. The fraction of sp³-hybridized carbons (Fsp3) is 0.222. The summed E-state index contributed by atoms with van der Waals surface area (Å²) in [6, 6.07) is 0. The lowest BCUT2D eigenvalue weighted by atomic mass is 10.4. The molecule has 2 aromatic heterocycles. The van der Waals surface area contributed by atoms with E-state index in [1.807, 2.05) is 5.38 Å². The molecule has 0 aliphatic carbocycles. The molecule has 0 radical (unpaired) electrons. The zero-order chi connectivity index (χ0) is 13.0. The number of nitrogens with zero attached hydrogens (tertiary/aromatic N) is 4. The lowest BCUT2D eigenvalue weighted by molar-refractivity contribution is -0.385. The van der Waals surface area contributed by atoms with Crippen LogP contribution in [0.3, 0.4) is 0 Å². The molecular weight excluding hydrogens is 258 g/mol. The van der Waals surface area contributed by atoms with Crippen molar-refractivity contribution >= 4 is 22.8 Å². The van der Waals surface area contributed by atoms with E-state index in [-0.39, 0.29) is 17.4 Å². The first-order valence-electron chi connectivity index (χ1n) is 4.86. The van der Waals surface area contributed by atoms with Gasteiger partial charge in [0.2, 0.25) is 5.82 Å². The van der Waals surface area contributed by atoms with Crippen molar-refractivity contribution in [2.45, 2.75) is 6.54 Å². The highest BCUT2D eigenvalue weighted by atomic mass is 32.1. The Labute approximate surface area is 106 Å². The fourth-order valence-electron chi connectivity index (χ4n) is 1.31. The second kappa shape index (κ2) is 5.36. The van der Waals surface area contributed by atoms with E-state index in [9.17, 15) is 10.1 Å². The summed E-state index contributed by atoms with van der Waals surface area (Å²) in [5.74, 6) is 0.0376. The Kier molecular flexibility index (Phi) is 3.63. The summed E-state index contributed by atoms with van der Waals surface area (Å²) in [5, 5.41) is 15.6. The van der Waals surface area contributed by atoms with Crippen LogP contribution in [0.2, 0.25) is 0 Å². The van der Waals surface area contributed by atoms with Crippen LogP contribution < -0.4 is 10.1 Å². The number of ether oxygens (including phenoxy) is 1. The highest BCUT2D eigenvalue weighted by Gasteiger charge is 2.23. The fourth-order valence-corrected chi connectivity index (χ4v) is 1.86. The molecular formula is C9H9N5O3S. The van der Waals surface area contributed by atoms with Gasteiger partial charge in [-0.2, -0.15) is 4.98 Å². The number of nitrogens with one attached hydrogen (secondary N) is 1. The third-order valence-electron chi connectivity index (χ3n) is 2.09. The number of rotatable bonds is 5. The van der Waals surface area contributed by atoms with Crippen molar-refractivity contribution in [3.8, 4) is 5.88 Å². The summed E-state index contributed by atoms with van der Waals surface area (Å²) < 4.78 is 4.84. The van der Waals surface area contributed by atoms with Crippen molar-refractivity contribution in [2.24, 2.45) is 0 Å². The molecule has 2 heterocycles. The van der Waals surface area contributed by atoms with E-state index in [4.69, 9.17) is 4.74 Å². The van der Waals surface area contributed by atoms with Crippen LogP contribution in [-0.4, -0.2) is 27.0 Å². The molecule has 0 atom stereocenters. The van der Waals surface area contributed by atoms with Crippen LogP contribution in [0.5, 0.6) is 5.88 Å². The van der Waals surface area contributed by atoms with Gasteiger partial charge in [-0.1, -0.05) is 0 Å². The number of aromatic nitrogens is 3. The average Bonchev–Trinajstić information content (AvgIpc) is 2.88. The molecule has 0 spiro atoms. The summed E-state index contributed by atoms with van der Waals surface area (Å²) in [5.41, 5.74) is 2.19. The van der Waals surface area contributed by atoms with Gasteiger partial charge < -0.3 is 10.1 Å².